The maximum absolute atomic E-state index is 13.5. The van der Waals surface area contributed by atoms with E-state index in [1.54, 1.807) is 11.9 Å². The number of nitrogens with zero attached hydrogens (tertiary/aromatic N) is 4. The minimum atomic E-state index is -0.708. The van der Waals surface area contributed by atoms with Crippen molar-refractivity contribution in [1.82, 2.24) is 9.55 Å². The second-order valence-corrected chi connectivity index (χ2v) is 8.96. The molecule has 1 fully saturated rings. The first kappa shape index (κ1) is 20.6. The molecule has 6 nitrogen and oxygen atoms in total. The predicted octanol–water partition coefficient (Wildman–Crippen LogP) is 4.21. The monoisotopic (exact) mass is 408 g/mol. The third-order valence-corrected chi connectivity index (χ3v) is 6.59. The summed E-state index contributed by atoms with van der Waals surface area (Å²) in [5, 5.41) is 0. The van der Waals surface area contributed by atoms with Crippen LogP contribution in [0.25, 0.3) is 0 Å². The number of para-hydroxylation sites is 1. The fourth-order valence-corrected chi connectivity index (χ4v) is 4.83. The van der Waals surface area contributed by atoms with E-state index in [1.807, 2.05) is 41.6 Å². The number of amides is 2. The molecule has 2 heterocycles. The van der Waals surface area contributed by atoms with E-state index in [2.05, 4.69) is 23.4 Å². The van der Waals surface area contributed by atoms with E-state index in [1.165, 1.54) is 19.3 Å². The van der Waals surface area contributed by atoms with Crippen LogP contribution in [0.15, 0.2) is 36.7 Å². The van der Waals surface area contributed by atoms with Gasteiger partial charge in [0.15, 0.2) is 5.82 Å². The molecule has 1 saturated carbocycles. The SMILES string of the molecule is CC(C)n1cnc2c1CC(C(=O)N(C)c1ccccc1)C(=O)N2CC1CCCCC1. The van der Waals surface area contributed by atoms with Crippen LogP contribution in [0.3, 0.4) is 0 Å². The van der Waals surface area contributed by atoms with Gasteiger partial charge in [-0.2, -0.15) is 0 Å². The Balaban J connectivity index is 1.65. The molecule has 1 atom stereocenters. The highest BCUT2D eigenvalue weighted by molar-refractivity contribution is 6.13. The van der Waals surface area contributed by atoms with E-state index < -0.39 is 5.92 Å². The zero-order chi connectivity index (χ0) is 21.3. The van der Waals surface area contributed by atoms with Crippen molar-refractivity contribution in [2.75, 3.05) is 23.4 Å². The van der Waals surface area contributed by atoms with Crippen LogP contribution in [0.2, 0.25) is 0 Å². The number of rotatable bonds is 5. The molecule has 160 valence electrons. The van der Waals surface area contributed by atoms with Crippen LogP contribution in [-0.4, -0.2) is 35.0 Å². The molecule has 1 unspecified atom stereocenters. The number of carbonyl (C=O) groups is 2. The molecule has 2 aromatic rings. The molecule has 6 heteroatoms. The van der Waals surface area contributed by atoms with Gasteiger partial charge in [-0.3, -0.25) is 14.5 Å². The molecule has 0 saturated heterocycles. The number of imidazole rings is 1. The Kier molecular flexibility index (Phi) is 5.93. The normalized spacial score (nSPS) is 19.8. The molecular formula is C24H32N4O2. The summed E-state index contributed by atoms with van der Waals surface area (Å²) in [5.41, 5.74) is 1.80. The van der Waals surface area contributed by atoms with Crippen molar-refractivity contribution in [1.29, 1.82) is 0 Å². The summed E-state index contributed by atoms with van der Waals surface area (Å²) in [6.45, 7) is 4.88. The lowest BCUT2D eigenvalue weighted by Crippen LogP contribution is -2.50. The zero-order valence-corrected chi connectivity index (χ0v) is 18.3. The number of hydrogen-bond acceptors (Lipinski definition) is 3. The van der Waals surface area contributed by atoms with Gasteiger partial charge in [0, 0.05) is 31.7 Å². The molecule has 4 rings (SSSR count). The maximum atomic E-state index is 13.5. The fraction of sp³-hybridized carbons (Fsp3) is 0.542. The van der Waals surface area contributed by atoms with Gasteiger partial charge in [0.05, 0.1) is 12.0 Å². The van der Waals surface area contributed by atoms with Crippen LogP contribution in [0.4, 0.5) is 11.5 Å². The summed E-state index contributed by atoms with van der Waals surface area (Å²) in [4.78, 5) is 35.0. The van der Waals surface area contributed by atoms with E-state index in [0.717, 1.165) is 30.0 Å². The molecule has 0 bridgehead atoms. The van der Waals surface area contributed by atoms with Crippen molar-refractivity contribution in [3.8, 4) is 0 Å². The molecule has 1 aromatic carbocycles. The van der Waals surface area contributed by atoms with Crippen LogP contribution < -0.4 is 9.80 Å². The van der Waals surface area contributed by atoms with Crippen LogP contribution in [0.1, 0.15) is 57.7 Å². The van der Waals surface area contributed by atoms with Gasteiger partial charge in [-0.25, -0.2) is 4.98 Å². The number of hydrogen-bond donors (Lipinski definition) is 0. The number of aromatic nitrogens is 2. The summed E-state index contributed by atoms with van der Waals surface area (Å²) < 4.78 is 2.11. The van der Waals surface area contributed by atoms with Crippen LogP contribution in [0.5, 0.6) is 0 Å². The molecule has 2 amide bonds. The third-order valence-electron chi connectivity index (χ3n) is 6.59. The molecule has 0 radical (unpaired) electrons. The highest BCUT2D eigenvalue weighted by Crippen LogP contribution is 2.35. The van der Waals surface area contributed by atoms with E-state index in [-0.39, 0.29) is 17.9 Å². The topological polar surface area (TPSA) is 58.4 Å². The minimum absolute atomic E-state index is 0.102. The van der Waals surface area contributed by atoms with Gasteiger partial charge >= 0.3 is 0 Å². The molecular weight excluding hydrogens is 376 g/mol. The van der Waals surface area contributed by atoms with Crippen molar-refractivity contribution < 1.29 is 9.59 Å². The van der Waals surface area contributed by atoms with Gasteiger partial charge < -0.3 is 9.47 Å². The lowest BCUT2D eigenvalue weighted by molar-refractivity contribution is -0.132. The molecule has 1 aliphatic heterocycles. The second kappa shape index (κ2) is 8.62. The Hall–Kier alpha value is -2.63. The van der Waals surface area contributed by atoms with Gasteiger partial charge in [-0.1, -0.05) is 37.5 Å². The number of fused-ring (bicyclic) bond motifs is 1. The minimum Gasteiger partial charge on any atom is -0.330 e. The summed E-state index contributed by atoms with van der Waals surface area (Å²) in [6.07, 6.45) is 8.24. The van der Waals surface area contributed by atoms with Gasteiger partial charge in [-0.05, 0) is 44.7 Å². The first-order valence-corrected chi connectivity index (χ1v) is 11.2. The van der Waals surface area contributed by atoms with Crippen molar-refractivity contribution in [3.05, 3.63) is 42.4 Å². The standard InChI is InChI=1S/C24H32N4O2/c1-17(2)28-16-25-22-21(28)14-20(23(29)26(3)19-12-8-5-9-13-19)24(30)27(22)15-18-10-6-4-7-11-18/h5,8-9,12-13,16-18,20H,4,6-7,10-11,14-15H2,1-3H3. The van der Waals surface area contributed by atoms with Crippen LogP contribution in [0, 0.1) is 11.8 Å². The van der Waals surface area contributed by atoms with Crippen molar-refractivity contribution in [2.24, 2.45) is 11.8 Å². The Morgan fingerprint density at radius 3 is 2.53 bits per heavy atom. The summed E-state index contributed by atoms with van der Waals surface area (Å²) >= 11 is 0. The first-order valence-electron chi connectivity index (χ1n) is 11.2. The van der Waals surface area contributed by atoms with Gasteiger partial charge in [-0.15, -0.1) is 0 Å². The van der Waals surface area contributed by atoms with E-state index >= 15 is 0 Å². The van der Waals surface area contributed by atoms with E-state index in [0.29, 0.717) is 18.9 Å². The van der Waals surface area contributed by atoms with Crippen molar-refractivity contribution >= 4 is 23.3 Å². The zero-order valence-electron chi connectivity index (χ0n) is 18.3. The lowest BCUT2D eigenvalue weighted by atomic mass is 9.87. The fourth-order valence-electron chi connectivity index (χ4n) is 4.83. The molecule has 1 aliphatic carbocycles. The predicted molar refractivity (Wildman–Crippen MR) is 119 cm³/mol. The van der Waals surface area contributed by atoms with Gasteiger partial charge in [0.25, 0.3) is 0 Å². The number of carbonyl (C=O) groups excluding carboxylic acids is 2. The van der Waals surface area contributed by atoms with Crippen LogP contribution in [-0.2, 0) is 16.0 Å². The van der Waals surface area contributed by atoms with Gasteiger partial charge in [0.2, 0.25) is 11.8 Å². The van der Waals surface area contributed by atoms with Crippen LogP contribution >= 0.6 is 0 Å². The highest BCUT2D eigenvalue weighted by Gasteiger charge is 2.42. The second-order valence-electron chi connectivity index (χ2n) is 8.96. The van der Waals surface area contributed by atoms with Crippen molar-refractivity contribution in [3.63, 3.8) is 0 Å². The molecule has 2 aliphatic rings. The average Bonchev–Trinajstić information content (AvgIpc) is 3.20. The third kappa shape index (κ3) is 3.87. The van der Waals surface area contributed by atoms with E-state index in [4.69, 9.17) is 0 Å². The first-order chi connectivity index (χ1) is 14.5. The largest absolute Gasteiger partial charge is 0.330 e. The highest BCUT2D eigenvalue weighted by atomic mass is 16.2. The van der Waals surface area contributed by atoms with Crippen molar-refractivity contribution in [2.45, 2.75) is 58.4 Å². The van der Waals surface area contributed by atoms with E-state index in [9.17, 15) is 9.59 Å². The average molecular weight is 409 g/mol. The summed E-state index contributed by atoms with van der Waals surface area (Å²) in [6, 6.07) is 9.76. The summed E-state index contributed by atoms with van der Waals surface area (Å²) in [7, 11) is 1.76. The quantitative estimate of drug-likeness (QED) is 0.696. The lowest BCUT2D eigenvalue weighted by Gasteiger charge is -2.36. The molecule has 0 N–H and O–H groups in total. The Morgan fingerprint density at radius 1 is 1.17 bits per heavy atom. The Labute approximate surface area is 178 Å². The Bertz CT molecular complexity index is 899. The maximum Gasteiger partial charge on any atom is 0.241 e. The number of benzene rings is 1. The summed E-state index contributed by atoms with van der Waals surface area (Å²) in [5.74, 6) is 0.281. The smallest absolute Gasteiger partial charge is 0.241 e. The molecule has 1 aromatic heterocycles. The Morgan fingerprint density at radius 2 is 1.87 bits per heavy atom. The van der Waals surface area contributed by atoms with Gasteiger partial charge in [0.1, 0.15) is 5.92 Å². The number of anilines is 2. The molecule has 30 heavy (non-hydrogen) atoms. The molecule has 0 spiro atoms.